The number of hydrogen-bond acceptors (Lipinski definition) is 5. The summed E-state index contributed by atoms with van der Waals surface area (Å²) in [6.45, 7) is 0.767. The van der Waals surface area contributed by atoms with Crippen LogP contribution in [0.25, 0.3) is 5.65 Å². The number of halogens is 3. The molecule has 3 rings (SSSR count). The van der Waals surface area contributed by atoms with Crippen molar-refractivity contribution in [1.82, 2.24) is 19.8 Å². The number of aromatic nitrogens is 4. The Morgan fingerprint density at radius 3 is 2.77 bits per heavy atom. The summed E-state index contributed by atoms with van der Waals surface area (Å²) in [5, 5.41) is 19.5. The number of carbonyl (C=O) groups is 1. The molecule has 1 unspecified atom stereocenters. The number of hydrogen-bond donors (Lipinski definition) is 1. The van der Waals surface area contributed by atoms with Gasteiger partial charge < -0.3 is 10.0 Å². The SMILES string of the molecule is O=C(O)C1CCCN(c2ccc3nnc(C(F)(F)F)n3n2)C1. The fourth-order valence-corrected chi connectivity index (χ4v) is 2.51. The van der Waals surface area contributed by atoms with Gasteiger partial charge in [-0.25, -0.2) is 0 Å². The number of nitrogens with zero attached hydrogens (tertiary/aromatic N) is 5. The molecule has 1 N–H and O–H groups in total. The Hall–Kier alpha value is -2.39. The molecule has 0 bridgehead atoms. The third-order valence-electron chi connectivity index (χ3n) is 3.60. The van der Waals surface area contributed by atoms with Gasteiger partial charge in [-0.1, -0.05) is 0 Å². The molecule has 1 saturated heterocycles. The largest absolute Gasteiger partial charge is 0.481 e. The van der Waals surface area contributed by atoms with Crippen LogP contribution in [0.15, 0.2) is 12.1 Å². The average molecular weight is 315 g/mol. The summed E-state index contributed by atoms with van der Waals surface area (Å²) in [5.74, 6) is -2.37. The summed E-state index contributed by atoms with van der Waals surface area (Å²) in [6.07, 6.45) is -3.46. The summed E-state index contributed by atoms with van der Waals surface area (Å²) in [4.78, 5) is 12.7. The number of aliphatic carboxylic acids is 1. The second-order valence-corrected chi connectivity index (χ2v) is 5.11. The maximum Gasteiger partial charge on any atom is 0.453 e. The monoisotopic (exact) mass is 315 g/mol. The van der Waals surface area contributed by atoms with Gasteiger partial charge >= 0.3 is 12.1 Å². The Kier molecular flexibility index (Phi) is 3.38. The van der Waals surface area contributed by atoms with E-state index in [1.165, 1.54) is 12.1 Å². The van der Waals surface area contributed by atoms with Gasteiger partial charge in [0.2, 0.25) is 0 Å². The molecular weight excluding hydrogens is 303 g/mol. The minimum atomic E-state index is -4.66. The number of carboxylic acids is 1. The summed E-state index contributed by atoms with van der Waals surface area (Å²) in [7, 11) is 0. The number of rotatable bonds is 2. The van der Waals surface area contributed by atoms with E-state index in [4.69, 9.17) is 5.11 Å². The predicted octanol–water partition coefficient (Wildman–Crippen LogP) is 1.44. The lowest BCUT2D eigenvalue weighted by atomic mass is 9.98. The Morgan fingerprint density at radius 1 is 1.32 bits per heavy atom. The van der Waals surface area contributed by atoms with Gasteiger partial charge in [0.15, 0.2) is 5.65 Å². The van der Waals surface area contributed by atoms with E-state index in [0.29, 0.717) is 23.9 Å². The highest BCUT2D eigenvalue weighted by atomic mass is 19.4. The van der Waals surface area contributed by atoms with Crippen LogP contribution >= 0.6 is 0 Å². The zero-order valence-electron chi connectivity index (χ0n) is 11.3. The third-order valence-corrected chi connectivity index (χ3v) is 3.60. The van der Waals surface area contributed by atoms with Crippen molar-refractivity contribution >= 4 is 17.4 Å². The number of alkyl halides is 3. The fourth-order valence-electron chi connectivity index (χ4n) is 2.51. The quantitative estimate of drug-likeness (QED) is 0.903. The lowest BCUT2D eigenvalue weighted by Crippen LogP contribution is -2.39. The first-order chi connectivity index (χ1) is 10.4. The zero-order valence-corrected chi connectivity index (χ0v) is 11.3. The highest BCUT2D eigenvalue weighted by Crippen LogP contribution is 2.28. The summed E-state index contributed by atoms with van der Waals surface area (Å²) in [6, 6.07) is 2.91. The van der Waals surface area contributed by atoms with E-state index in [2.05, 4.69) is 15.3 Å². The van der Waals surface area contributed by atoms with Crippen molar-refractivity contribution in [2.75, 3.05) is 18.0 Å². The van der Waals surface area contributed by atoms with Crippen LogP contribution in [-0.2, 0) is 11.0 Å². The van der Waals surface area contributed by atoms with E-state index in [9.17, 15) is 18.0 Å². The van der Waals surface area contributed by atoms with Crippen molar-refractivity contribution < 1.29 is 23.1 Å². The van der Waals surface area contributed by atoms with Crippen LogP contribution in [-0.4, -0.2) is 44.0 Å². The molecule has 3 heterocycles. The number of piperidine rings is 1. The van der Waals surface area contributed by atoms with Crippen molar-refractivity contribution in [2.24, 2.45) is 5.92 Å². The van der Waals surface area contributed by atoms with E-state index in [1.54, 1.807) is 4.90 Å². The van der Waals surface area contributed by atoms with Crippen LogP contribution in [0.3, 0.4) is 0 Å². The molecule has 0 aromatic carbocycles. The Labute approximate surface area is 122 Å². The molecule has 0 aliphatic carbocycles. The van der Waals surface area contributed by atoms with E-state index in [1.807, 2.05) is 0 Å². The van der Waals surface area contributed by atoms with Gasteiger partial charge in [-0.3, -0.25) is 4.79 Å². The van der Waals surface area contributed by atoms with Crippen molar-refractivity contribution in [3.8, 4) is 0 Å². The Bertz CT molecular complexity index is 714. The lowest BCUT2D eigenvalue weighted by molar-refractivity contribution is -0.146. The standard InChI is InChI=1S/C12H12F3N5O2/c13-12(14,15)11-17-16-8-3-4-9(18-20(8)11)19-5-1-2-7(6-19)10(21)22/h3-4,7H,1-2,5-6H2,(H,21,22). The molecule has 118 valence electrons. The van der Waals surface area contributed by atoms with Crippen LogP contribution in [0.4, 0.5) is 19.0 Å². The van der Waals surface area contributed by atoms with Crippen LogP contribution in [0, 0.1) is 5.92 Å². The number of anilines is 1. The molecular formula is C12H12F3N5O2. The van der Waals surface area contributed by atoms with Crippen molar-refractivity contribution in [1.29, 1.82) is 0 Å². The molecule has 1 aliphatic rings. The highest BCUT2D eigenvalue weighted by Gasteiger charge is 2.38. The Morgan fingerprint density at radius 2 is 2.09 bits per heavy atom. The average Bonchev–Trinajstić information content (AvgIpc) is 2.90. The first-order valence-corrected chi connectivity index (χ1v) is 6.63. The van der Waals surface area contributed by atoms with E-state index in [0.717, 1.165) is 0 Å². The smallest absolute Gasteiger partial charge is 0.453 e. The first-order valence-electron chi connectivity index (χ1n) is 6.63. The molecule has 1 aliphatic heterocycles. The molecule has 2 aromatic heterocycles. The van der Waals surface area contributed by atoms with E-state index >= 15 is 0 Å². The van der Waals surface area contributed by atoms with Crippen LogP contribution in [0.2, 0.25) is 0 Å². The van der Waals surface area contributed by atoms with Gasteiger partial charge in [0, 0.05) is 13.1 Å². The zero-order chi connectivity index (χ0) is 15.9. The maximum atomic E-state index is 12.8. The molecule has 0 amide bonds. The van der Waals surface area contributed by atoms with Crippen molar-refractivity contribution in [3.05, 3.63) is 18.0 Å². The minimum absolute atomic E-state index is 0.0112. The molecule has 22 heavy (non-hydrogen) atoms. The second-order valence-electron chi connectivity index (χ2n) is 5.11. The van der Waals surface area contributed by atoms with Gasteiger partial charge in [0.1, 0.15) is 5.82 Å². The summed E-state index contributed by atoms with van der Waals surface area (Å²) in [5.41, 5.74) is -0.0112. The molecule has 1 fully saturated rings. The molecule has 2 aromatic rings. The topological polar surface area (TPSA) is 83.6 Å². The number of fused-ring (bicyclic) bond motifs is 1. The lowest BCUT2D eigenvalue weighted by Gasteiger charge is -2.31. The van der Waals surface area contributed by atoms with Crippen LogP contribution < -0.4 is 4.90 Å². The molecule has 10 heteroatoms. The molecule has 7 nitrogen and oxygen atoms in total. The molecule has 1 atom stereocenters. The van der Waals surface area contributed by atoms with Crippen molar-refractivity contribution in [3.63, 3.8) is 0 Å². The van der Waals surface area contributed by atoms with E-state index in [-0.39, 0.29) is 18.0 Å². The fraction of sp³-hybridized carbons (Fsp3) is 0.500. The van der Waals surface area contributed by atoms with Gasteiger partial charge in [-0.05, 0) is 25.0 Å². The number of carboxylic acid groups (broad SMARTS) is 1. The summed E-state index contributed by atoms with van der Waals surface area (Å²) >= 11 is 0. The van der Waals surface area contributed by atoms with Crippen molar-refractivity contribution in [2.45, 2.75) is 19.0 Å². The first kappa shape index (κ1) is 14.5. The molecule has 0 saturated carbocycles. The summed E-state index contributed by atoms with van der Waals surface area (Å²) < 4.78 is 39.2. The Balaban J connectivity index is 1.96. The highest BCUT2D eigenvalue weighted by molar-refractivity contribution is 5.71. The third kappa shape index (κ3) is 2.55. The van der Waals surface area contributed by atoms with Gasteiger partial charge in [0.25, 0.3) is 5.82 Å². The predicted molar refractivity (Wildman–Crippen MR) is 68.4 cm³/mol. The van der Waals surface area contributed by atoms with Crippen LogP contribution in [0.5, 0.6) is 0 Å². The van der Waals surface area contributed by atoms with Gasteiger partial charge in [-0.15, -0.1) is 15.3 Å². The van der Waals surface area contributed by atoms with E-state index < -0.39 is 23.9 Å². The normalized spacial score (nSPS) is 19.6. The van der Waals surface area contributed by atoms with Gasteiger partial charge in [0.05, 0.1) is 5.92 Å². The second kappa shape index (κ2) is 5.11. The van der Waals surface area contributed by atoms with Gasteiger partial charge in [-0.2, -0.15) is 17.7 Å². The minimum Gasteiger partial charge on any atom is -0.481 e. The maximum absolute atomic E-state index is 12.8. The molecule has 0 radical (unpaired) electrons. The molecule has 0 spiro atoms. The van der Waals surface area contributed by atoms with Crippen LogP contribution in [0.1, 0.15) is 18.7 Å².